The standard InChI is InChI=1S/C16H17N3O.CH2O2/c20-16(13-6-10-1-3-12(13)5-10)17-8-11-2-4-14-15(7-11)19-9-18-14;2-1-3/h1-4,7,9-10,12-13H,5-6,8H2,(H,17,20)(H,18,19);1H,(H,2,3)/t10-,12+,13+;/m1./s1. The fourth-order valence-corrected chi connectivity index (χ4v) is 3.50. The van der Waals surface area contributed by atoms with Crippen LogP contribution in [0, 0.1) is 17.8 Å². The SMILES string of the molecule is O=C(NCc1ccc2nc[nH]c2c1)[C@H]1C[C@@H]2C=C[C@H]1C2.O=CO. The Labute approximate surface area is 133 Å². The van der Waals surface area contributed by atoms with Gasteiger partial charge in [0.15, 0.2) is 0 Å². The molecular weight excluding hydrogens is 294 g/mol. The van der Waals surface area contributed by atoms with Crippen molar-refractivity contribution in [2.45, 2.75) is 19.4 Å². The number of allylic oxidation sites excluding steroid dienone is 2. The van der Waals surface area contributed by atoms with Crippen LogP contribution in [0.2, 0.25) is 0 Å². The molecule has 0 radical (unpaired) electrons. The van der Waals surface area contributed by atoms with E-state index in [0.29, 0.717) is 18.4 Å². The van der Waals surface area contributed by atoms with E-state index in [1.165, 1.54) is 0 Å². The van der Waals surface area contributed by atoms with Gasteiger partial charge in [-0.05, 0) is 42.4 Å². The number of aromatic nitrogens is 2. The molecule has 0 unspecified atom stereocenters. The molecule has 1 amide bonds. The van der Waals surface area contributed by atoms with Gasteiger partial charge in [0.05, 0.1) is 17.4 Å². The maximum atomic E-state index is 12.3. The lowest BCUT2D eigenvalue weighted by atomic mass is 9.93. The third kappa shape index (κ3) is 3.26. The number of nitrogens with one attached hydrogen (secondary N) is 2. The number of hydrogen-bond acceptors (Lipinski definition) is 3. The van der Waals surface area contributed by atoms with Crippen LogP contribution in [0.3, 0.4) is 0 Å². The van der Waals surface area contributed by atoms with E-state index in [2.05, 4.69) is 27.4 Å². The molecule has 6 nitrogen and oxygen atoms in total. The molecule has 1 aromatic heterocycles. The molecule has 1 aromatic carbocycles. The number of rotatable bonds is 3. The summed E-state index contributed by atoms with van der Waals surface area (Å²) in [5, 5.41) is 9.96. The first-order valence-electron chi connectivity index (χ1n) is 7.67. The van der Waals surface area contributed by atoms with Gasteiger partial charge in [0.1, 0.15) is 0 Å². The summed E-state index contributed by atoms with van der Waals surface area (Å²) in [7, 11) is 0. The zero-order chi connectivity index (χ0) is 16.2. The Morgan fingerprint density at radius 3 is 2.91 bits per heavy atom. The summed E-state index contributed by atoms with van der Waals surface area (Å²) in [6, 6.07) is 6.04. The van der Waals surface area contributed by atoms with Gasteiger partial charge in [0.25, 0.3) is 6.47 Å². The van der Waals surface area contributed by atoms with Crippen molar-refractivity contribution in [1.82, 2.24) is 15.3 Å². The molecule has 120 valence electrons. The third-order valence-electron chi connectivity index (χ3n) is 4.57. The van der Waals surface area contributed by atoms with E-state index in [4.69, 9.17) is 9.90 Å². The van der Waals surface area contributed by atoms with Crippen LogP contribution >= 0.6 is 0 Å². The van der Waals surface area contributed by atoms with E-state index in [1.807, 2.05) is 18.2 Å². The van der Waals surface area contributed by atoms with E-state index in [9.17, 15) is 4.79 Å². The van der Waals surface area contributed by atoms with Crippen molar-refractivity contribution in [2.24, 2.45) is 17.8 Å². The Kier molecular flexibility index (Phi) is 4.41. The van der Waals surface area contributed by atoms with Crippen LogP contribution in [0.5, 0.6) is 0 Å². The molecule has 3 atom stereocenters. The Morgan fingerprint density at radius 1 is 1.39 bits per heavy atom. The van der Waals surface area contributed by atoms with Crippen molar-refractivity contribution < 1.29 is 14.7 Å². The molecule has 2 aromatic rings. The Bertz CT molecular complexity index is 738. The number of H-pyrrole nitrogens is 1. The average Bonchev–Trinajstić information content (AvgIpc) is 3.28. The highest BCUT2D eigenvalue weighted by atomic mass is 16.3. The number of benzene rings is 1. The Morgan fingerprint density at radius 2 is 2.22 bits per heavy atom. The first-order chi connectivity index (χ1) is 11.2. The number of aromatic amines is 1. The molecule has 6 heteroatoms. The molecule has 1 saturated carbocycles. The summed E-state index contributed by atoms with van der Waals surface area (Å²) in [5.74, 6) is 1.49. The van der Waals surface area contributed by atoms with Gasteiger partial charge < -0.3 is 15.4 Å². The molecule has 23 heavy (non-hydrogen) atoms. The lowest BCUT2D eigenvalue weighted by molar-refractivity contribution is -0.126. The number of nitrogens with zero attached hydrogens (tertiary/aromatic N) is 1. The van der Waals surface area contributed by atoms with Gasteiger partial charge in [-0.3, -0.25) is 9.59 Å². The molecule has 0 aliphatic heterocycles. The van der Waals surface area contributed by atoms with Crippen molar-refractivity contribution in [3.63, 3.8) is 0 Å². The van der Waals surface area contributed by atoms with Crippen LogP contribution < -0.4 is 5.32 Å². The van der Waals surface area contributed by atoms with E-state index in [0.717, 1.165) is 29.4 Å². The van der Waals surface area contributed by atoms with Gasteiger partial charge >= 0.3 is 0 Å². The van der Waals surface area contributed by atoms with Gasteiger partial charge in [0, 0.05) is 12.5 Å². The molecule has 4 rings (SSSR count). The predicted octanol–water partition coefficient (Wildman–Crippen LogP) is 2.09. The Hall–Kier alpha value is -2.63. The maximum Gasteiger partial charge on any atom is 0.290 e. The summed E-state index contributed by atoms with van der Waals surface area (Å²) in [4.78, 5) is 27.9. The van der Waals surface area contributed by atoms with Crippen molar-refractivity contribution in [1.29, 1.82) is 0 Å². The highest BCUT2D eigenvalue weighted by molar-refractivity contribution is 5.80. The third-order valence-corrected chi connectivity index (χ3v) is 4.57. The summed E-state index contributed by atoms with van der Waals surface area (Å²) in [6.45, 7) is 0.339. The van der Waals surface area contributed by atoms with Crippen LogP contribution in [0.25, 0.3) is 11.0 Å². The van der Waals surface area contributed by atoms with Crippen LogP contribution in [-0.4, -0.2) is 27.5 Å². The maximum absolute atomic E-state index is 12.3. The number of amides is 1. The molecule has 1 heterocycles. The quantitative estimate of drug-likeness (QED) is 0.597. The fourth-order valence-electron chi connectivity index (χ4n) is 3.50. The van der Waals surface area contributed by atoms with Crippen molar-refractivity contribution in [3.8, 4) is 0 Å². The molecular formula is C17H19N3O3. The highest BCUT2D eigenvalue weighted by Gasteiger charge is 2.39. The molecule has 2 aliphatic carbocycles. The minimum atomic E-state index is -0.250. The summed E-state index contributed by atoms with van der Waals surface area (Å²) in [5.41, 5.74) is 3.08. The van der Waals surface area contributed by atoms with E-state index >= 15 is 0 Å². The summed E-state index contributed by atoms with van der Waals surface area (Å²) < 4.78 is 0. The topological polar surface area (TPSA) is 95.1 Å². The van der Waals surface area contributed by atoms with Crippen molar-refractivity contribution >= 4 is 23.4 Å². The molecule has 3 N–H and O–H groups in total. The van der Waals surface area contributed by atoms with Gasteiger partial charge in [-0.15, -0.1) is 0 Å². The van der Waals surface area contributed by atoms with Gasteiger partial charge in [-0.1, -0.05) is 18.2 Å². The largest absolute Gasteiger partial charge is 0.483 e. The number of carbonyl (C=O) groups is 2. The molecule has 0 saturated heterocycles. The number of carboxylic acid groups (broad SMARTS) is 1. The van der Waals surface area contributed by atoms with Crippen LogP contribution in [0.4, 0.5) is 0 Å². The highest BCUT2D eigenvalue weighted by Crippen LogP contribution is 2.43. The summed E-state index contributed by atoms with van der Waals surface area (Å²) >= 11 is 0. The van der Waals surface area contributed by atoms with Crippen molar-refractivity contribution in [3.05, 3.63) is 42.2 Å². The Balaban J connectivity index is 0.000000485. The number of imidazole rings is 1. The lowest BCUT2D eigenvalue weighted by Gasteiger charge is -2.17. The van der Waals surface area contributed by atoms with Gasteiger partial charge in [0.2, 0.25) is 5.91 Å². The molecule has 2 bridgehead atoms. The zero-order valence-electron chi connectivity index (χ0n) is 12.6. The predicted molar refractivity (Wildman–Crippen MR) is 85.5 cm³/mol. The summed E-state index contributed by atoms with van der Waals surface area (Å²) in [6.07, 6.45) is 8.36. The van der Waals surface area contributed by atoms with Crippen LogP contribution in [-0.2, 0) is 16.1 Å². The van der Waals surface area contributed by atoms with Crippen LogP contribution in [0.15, 0.2) is 36.7 Å². The molecule has 1 fully saturated rings. The van der Waals surface area contributed by atoms with Crippen LogP contribution in [0.1, 0.15) is 18.4 Å². The monoisotopic (exact) mass is 313 g/mol. The average molecular weight is 313 g/mol. The first kappa shape index (κ1) is 15.3. The second-order valence-corrected chi connectivity index (χ2v) is 5.96. The lowest BCUT2D eigenvalue weighted by Crippen LogP contribution is -2.32. The second-order valence-electron chi connectivity index (χ2n) is 5.96. The van der Waals surface area contributed by atoms with Gasteiger partial charge in [-0.2, -0.15) is 0 Å². The van der Waals surface area contributed by atoms with E-state index in [1.54, 1.807) is 6.33 Å². The van der Waals surface area contributed by atoms with E-state index < -0.39 is 0 Å². The normalized spacial score (nSPS) is 24.3. The second kappa shape index (κ2) is 6.64. The van der Waals surface area contributed by atoms with E-state index in [-0.39, 0.29) is 18.3 Å². The van der Waals surface area contributed by atoms with Crippen molar-refractivity contribution in [2.75, 3.05) is 0 Å². The van der Waals surface area contributed by atoms with Gasteiger partial charge in [-0.25, -0.2) is 4.98 Å². The smallest absolute Gasteiger partial charge is 0.290 e. The minimum Gasteiger partial charge on any atom is -0.483 e. The number of fused-ring (bicyclic) bond motifs is 3. The fraction of sp³-hybridized carbons (Fsp3) is 0.353. The minimum absolute atomic E-state index is 0.181. The number of carbonyl (C=O) groups excluding carboxylic acids is 1. The zero-order valence-corrected chi connectivity index (χ0v) is 12.6. The first-order valence-corrected chi connectivity index (χ1v) is 7.67. The molecule has 2 aliphatic rings. The number of hydrogen-bond donors (Lipinski definition) is 3. The molecule has 0 spiro atoms.